The summed E-state index contributed by atoms with van der Waals surface area (Å²) >= 11 is 1.30. The lowest BCUT2D eigenvalue weighted by Gasteiger charge is -2.33. The van der Waals surface area contributed by atoms with Crippen molar-refractivity contribution >= 4 is 27.3 Å². The Bertz CT molecular complexity index is 716. The highest BCUT2D eigenvalue weighted by Crippen LogP contribution is 2.29. The van der Waals surface area contributed by atoms with Crippen LogP contribution >= 0.6 is 11.3 Å². The van der Waals surface area contributed by atoms with Gasteiger partial charge in [-0.25, -0.2) is 8.42 Å². The van der Waals surface area contributed by atoms with E-state index >= 15 is 0 Å². The number of hydrogen-bond donors (Lipinski definition) is 1. The minimum atomic E-state index is -3.48. The fraction of sp³-hybridized carbons (Fsp3) is 0.706. The molecule has 0 saturated carbocycles. The molecule has 2 unspecified atom stereocenters. The van der Waals surface area contributed by atoms with Crippen LogP contribution in [-0.2, 0) is 14.8 Å². The second-order valence-corrected chi connectivity index (χ2v) is 10.5. The largest absolute Gasteiger partial charge is 0.342 e. The molecular weight excluding hydrogens is 358 g/mol. The first-order chi connectivity index (χ1) is 11.9. The zero-order valence-electron chi connectivity index (χ0n) is 14.9. The Hall–Kier alpha value is -0.960. The van der Waals surface area contributed by atoms with Gasteiger partial charge in [0, 0.05) is 31.1 Å². The maximum Gasteiger partial charge on any atom is 0.252 e. The lowest BCUT2D eigenvalue weighted by molar-refractivity contribution is -0.135. The number of likely N-dealkylation sites (tertiary alicyclic amines) is 1. The standard InChI is InChI=1S/C17H27N3O3S2/c1-13-5-6-16(24-13)25(22,23)20-8-3-4-15(12-20)17(21)19-9-7-14(11-19)10-18-2/h5-6,14-15,18H,3-4,7-12H2,1-2H3. The van der Waals surface area contributed by atoms with Gasteiger partial charge in [-0.3, -0.25) is 4.79 Å². The van der Waals surface area contributed by atoms with Crippen molar-refractivity contribution < 1.29 is 13.2 Å². The van der Waals surface area contributed by atoms with E-state index in [4.69, 9.17) is 0 Å². The number of carbonyl (C=O) groups excluding carboxylic acids is 1. The Labute approximate surface area is 154 Å². The van der Waals surface area contributed by atoms with Crippen molar-refractivity contribution in [2.75, 3.05) is 39.8 Å². The van der Waals surface area contributed by atoms with Crippen molar-refractivity contribution in [1.29, 1.82) is 0 Å². The van der Waals surface area contributed by atoms with Crippen LogP contribution in [-0.4, -0.2) is 63.3 Å². The summed E-state index contributed by atoms with van der Waals surface area (Å²) in [5.74, 6) is 0.422. The summed E-state index contributed by atoms with van der Waals surface area (Å²) in [6.07, 6.45) is 2.55. The molecule has 2 fully saturated rings. The van der Waals surface area contributed by atoms with Crippen molar-refractivity contribution in [2.45, 2.75) is 30.4 Å². The first-order valence-corrected chi connectivity index (χ1v) is 11.2. The van der Waals surface area contributed by atoms with E-state index in [2.05, 4.69) is 5.32 Å². The van der Waals surface area contributed by atoms with Gasteiger partial charge in [-0.2, -0.15) is 4.31 Å². The maximum atomic E-state index is 12.8. The molecule has 25 heavy (non-hydrogen) atoms. The van der Waals surface area contributed by atoms with Crippen LogP contribution in [0.2, 0.25) is 0 Å². The highest BCUT2D eigenvalue weighted by Gasteiger charge is 2.37. The van der Waals surface area contributed by atoms with Gasteiger partial charge < -0.3 is 10.2 Å². The van der Waals surface area contributed by atoms with E-state index in [-0.39, 0.29) is 11.8 Å². The highest BCUT2D eigenvalue weighted by atomic mass is 32.2. The maximum absolute atomic E-state index is 12.8. The third kappa shape index (κ3) is 4.07. The average Bonchev–Trinajstić information content (AvgIpc) is 3.24. The molecule has 1 aromatic rings. The number of rotatable bonds is 5. The number of carbonyl (C=O) groups is 1. The van der Waals surface area contributed by atoms with E-state index in [0.717, 1.165) is 43.8 Å². The van der Waals surface area contributed by atoms with Crippen molar-refractivity contribution in [3.63, 3.8) is 0 Å². The van der Waals surface area contributed by atoms with Gasteiger partial charge in [-0.05, 0) is 57.8 Å². The summed E-state index contributed by atoms with van der Waals surface area (Å²) in [5, 5.41) is 3.17. The van der Waals surface area contributed by atoms with Crippen LogP contribution in [0.25, 0.3) is 0 Å². The summed E-state index contributed by atoms with van der Waals surface area (Å²) in [5.41, 5.74) is 0. The smallest absolute Gasteiger partial charge is 0.252 e. The molecule has 2 saturated heterocycles. The first kappa shape index (κ1) is 18.8. The number of thiophene rings is 1. The third-order valence-electron chi connectivity index (χ3n) is 5.13. The lowest BCUT2D eigenvalue weighted by atomic mass is 9.98. The van der Waals surface area contributed by atoms with Gasteiger partial charge in [0.05, 0.1) is 5.92 Å². The topological polar surface area (TPSA) is 69.7 Å². The number of nitrogens with zero attached hydrogens (tertiary/aromatic N) is 2. The Morgan fingerprint density at radius 3 is 2.76 bits per heavy atom. The molecule has 6 nitrogen and oxygen atoms in total. The molecule has 2 atom stereocenters. The van der Waals surface area contributed by atoms with Crippen molar-refractivity contribution in [2.24, 2.45) is 11.8 Å². The zero-order chi connectivity index (χ0) is 18.0. The van der Waals surface area contributed by atoms with Crippen LogP contribution in [0.4, 0.5) is 0 Å². The van der Waals surface area contributed by atoms with Crippen molar-refractivity contribution in [3.8, 4) is 0 Å². The van der Waals surface area contributed by atoms with E-state index in [0.29, 0.717) is 23.2 Å². The van der Waals surface area contributed by atoms with E-state index in [1.54, 1.807) is 6.07 Å². The predicted octanol–water partition coefficient (Wildman–Crippen LogP) is 1.53. The average molecular weight is 386 g/mol. The van der Waals surface area contributed by atoms with Gasteiger partial charge in [-0.1, -0.05) is 0 Å². The monoisotopic (exact) mass is 385 g/mol. The molecule has 1 amide bonds. The molecule has 0 spiro atoms. The molecular formula is C17H27N3O3S2. The van der Waals surface area contributed by atoms with Gasteiger partial charge in [0.1, 0.15) is 4.21 Å². The van der Waals surface area contributed by atoms with Crippen LogP contribution in [0.15, 0.2) is 16.3 Å². The highest BCUT2D eigenvalue weighted by molar-refractivity contribution is 7.91. The number of amides is 1. The van der Waals surface area contributed by atoms with E-state index in [1.165, 1.54) is 15.6 Å². The van der Waals surface area contributed by atoms with Crippen LogP contribution in [0.1, 0.15) is 24.1 Å². The third-order valence-corrected chi connectivity index (χ3v) is 8.47. The van der Waals surface area contributed by atoms with Crippen molar-refractivity contribution in [3.05, 3.63) is 17.0 Å². The molecule has 1 aromatic heterocycles. The summed E-state index contributed by atoms with van der Waals surface area (Å²) in [4.78, 5) is 15.8. The number of nitrogens with one attached hydrogen (secondary N) is 1. The Kier molecular flexibility index (Phi) is 5.82. The van der Waals surface area contributed by atoms with Gasteiger partial charge in [0.15, 0.2) is 0 Å². The summed E-state index contributed by atoms with van der Waals surface area (Å²) < 4.78 is 27.5. The number of piperidine rings is 1. The molecule has 0 aromatic carbocycles. The van der Waals surface area contributed by atoms with Gasteiger partial charge in [0.2, 0.25) is 5.91 Å². The minimum Gasteiger partial charge on any atom is -0.342 e. The normalized spacial score (nSPS) is 25.4. The molecule has 0 radical (unpaired) electrons. The summed E-state index contributed by atoms with van der Waals surface area (Å²) in [6, 6.07) is 3.50. The second-order valence-electron chi connectivity index (χ2n) is 7.06. The van der Waals surface area contributed by atoms with Crippen molar-refractivity contribution in [1.82, 2.24) is 14.5 Å². The number of aryl methyl sites for hydroxylation is 1. The van der Waals surface area contributed by atoms with Crippen LogP contribution < -0.4 is 5.32 Å². The van der Waals surface area contributed by atoms with Crippen LogP contribution in [0.3, 0.4) is 0 Å². The molecule has 140 valence electrons. The Morgan fingerprint density at radius 2 is 2.08 bits per heavy atom. The van der Waals surface area contributed by atoms with E-state index in [9.17, 15) is 13.2 Å². The zero-order valence-corrected chi connectivity index (χ0v) is 16.5. The van der Waals surface area contributed by atoms with Gasteiger partial charge in [-0.15, -0.1) is 11.3 Å². The Balaban J connectivity index is 1.66. The number of hydrogen-bond acceptors (Lipinski definition) is 5. The minimum absolute atomic E-state index is 0.126. The van der Waals surface area contributed by atoms with E-state index < -0.39 is 10.0 Å². The molecule has 0 bridgehead atoms. The van der Waals surface area contributed by atoms with E-state index in [1.807, 2.05) is 24.9 Å². The number of sulfonamides is 1. The van der Waals surface area contributed by atoms with Gasteiger partial charge >= 0.3 is 0 Å². The molecule has 1 N–H and O–H groups in total. The molecule has 0 aliphatic carbocycles. The first-order valence-electron chi connectivity index (χ1n) is 8.92. The predicted molar refractivity (Wildman–Crippen MR) is 99.2 cm³/mol. The fourth-order valence-electron chi connectivity index (χ4n) is 3.79. The molecule has 3 heterocycles. The van der Waals surface area contributed by atoms with Crippen LogP contribution in [0, 0.1) is 18.8 Å². The quantitative estimate of drug-likeness (QED) is 0.834. The molecule has 2 aliphatic heterocycles. The molecule has 3 rings (SSSR count). The fourth-order valence-corrected chi connectivity index (χ4v) is 6.75. The molecule has 2 aliphatic rings. The summed E-state index contributed by atoms with van der Waals surface area (Å²) in [7, 11) is -1.55. The summed E-state index contributed by atoms with van der Waals surface area (Å²) in [6.45, 7) is 5.22. The lowest BCUT2D eigenvalue weighted by Crippen LogP contribution is -2.46. The SMILES string of the molecule is CNCC1CCN(C(=O)C2CCCN(S(=O)(=O)c3ccc(C)s3)C2)C1. The van der Waals surface area contributed by atoms with Gasteiger partial charge in [0.25, 0.3) is 10.0 Å². The second kappa shape index (κ2) is 7.73. The molecule has 8 heteroatoms. The Morgan fingerprint density at radius 1 is 1.28 bits per heavy atom. The van der Waals surface area contributed by atoms with Crippen LogP contribution in [0.5, 0.6) is 0 Å².